The highest BCUT2D eigenvalue weighted by molar-refractivity contribution is 7.90. The summed E-state index contributed by atoms with van der Waals surface area (Å²) in [4.78, 5) is 11.0. The van der Waals surface area contributed by atoms with Crippen LogP contribution in [0.15, 0.2) is 47.4 Å². The molecule has 1 saturated heterocycles. The van der Waals surface area contributed by atoms with Crippen LogP contribution in [0.4, 0.5) is 0 Å². The van der Waals surface area contributed by atoms with Gasteiger partial charge in [-0.15, -0.1) is 0 Å². The summed E-state index contributed by atoms with van der Waals surface area (Å²) >= 11 is 0. The summed E-state index contributed by atoms with van der Waals surface area (Å²) in [6.07, 6.45) is 2.32. The third kappa shape index (κ3) is 3.52. The maximum atomic E-state index is 11.6. The molecule has 3 aromatic rings. The van der Waals surface area contributed by atoms with Crippen LogP contribution in [0, 0.1) is 6.92 Å². The van der Waals surface area contributed by atoms with Crippen molar-refractivity contribution >= 4 is 20.9 Å². The van der Waals surface area contributed by atoms with E-state index >= 15 is 0 Å². The number of imidazole rings is 1. The van der Waals surface area contributed by atoms with Crippen LogP contribution >= 0.6 is 0 Å². The smallest absolute Gasteiger partial charge is 0.175 e. The van der Waals surface area contributed by atoms with E-state index in [0.29, 0.717) is 10.8 Å². The van der Waals surface area contributed by atoms with Crippen LogP contribution in [0.25, 0.3) is 11.0 Å². The van der Waals surface area contributed by atoms with Gasteiger partial charge in [0.25, 0.3) is 0 Å². The standard InChI is InChI=1S/C20H23N3O2S/c1-14-3-8-18-19(11-14)22-20(21-18)16-9-10-23(13-16)12-15-4-6-17(7-5-15)26(2,24)25/h3-8,11,16H,9-10,12-13H2,1-2H3,(H,21,22). The van der Waals surface area contributed by atoms with Crippen molar-refractivity contribution in [1.29, 1.82) is 0 Å². The van der Waals surface area contributed by atoms with Crippen molar-refractivity contribution in [3.8, 4) is 0 Å². The summed E-state index contributed by atoms with van der Waals surface area (Å²) in [5, 5.41) is 0. The lowest BCUT2D eigenvalue weighted by atomic mass is 10.1. The second-order valence-electron chi connectivity index (χ2n) is 7.28. The number of H-pyrrole nitrogens is 1. The first-order valence-corrected chi connectivity index (χ1v) is 10.8. The van der Waals surface area contributed by atoms with Crippen LogP contribution in [0.3, 0.4) is 0 Å². The third-order valence-corrected chi connectivity index (χ3v) is 6.20. The lowest BCUT2D eigenvalue weighted by Gasteiger charge is -2.15. The van der Waals surface area contributed by atoms with Gasteiger partial charge in [-0.25, -0.2) is 13.4 Å². The van der Waals surface area contributed by atoms with Gasteiger partial charge in [0.2, 0.25) is 0 Å². The molecule has 4 rings (SSSR count). The van der Waals surface area contributed by atoms with E-state index in [1.54, 1.807) is 12.1 Å². The zero-order valence-electron chi connectivity index (χ0n) is 15.1. The van der Waals surface area contributed by atoms with Crippen molar-refractivity contribution in [2.24, 2.45) is 0 Å². The molecule has 0 radical (unpaired) electrons. The van der Waals surface area contributed by atoms with Crippen molar-refractivity contribution in [2.45, 2.75) is 30.7 Å². The van der Waals surface area contributed by atoms with Gasteiger partial charge >= 0.3 is 0 Å². The highest BCUT2D eigenvalue weighted by Gasteiger charge is 2.26. The molecule has 136 valence electrons. The Labute approximate surface area is 154 Å². The molecular weight excluding hydrogens is 346 g/mol. The van der Waals surface area contributed by atoms with Gasteiger partial charge in [-0.2, -0.15) is 0 Å². The Morgan fingerprint density at radius 3 is 2.69 bits per heavy atom. The zero-order valence-corrected chi connectivity index (χ0v) is 15.9. The number of sulfone groups is 1. The molecule has 2 aromatic carbocycles. The topological polar surface area (TPSA) is 66.1 Å². The Bertz CT molecular complexity index is 1040. The third-order valence-electron chi connectivity index (χ3n) is 5.07. The Morgan fingerprint density at radius 2 is 1.96 bits per heavy atom. The van der Waals surface area contributed by atoms with Crippen LogP contribution in [-0.4, -0.2) is 42.6 Å². The second-order valence-corrected chi connectivity index (χ2v) is 9.30. The summed E-state index contributed by atoms with van der Waals surface area (Å²) in [6, 6.07) is 13.5. The second kappa shape index (κ2) is 6.52. The molecule has 0 aliphatic carbocycles. The highest BCUT2D eigenvalue weighted by Crippen LogP contribution is 2.28. The van der Waals surface area contributed by atoms with Crippen LogP contribution in [0.2, 0.25) is 0 Å². The van der Waals surface area contributed by atoms with Gasteiger partial charge in [-0.1, -0.05) is 18.2 Å². The van der Waals surface area contributed by atoms with E-state index < -0.39 is 9.84 Å². The Morgan fingerprint density at radius 1 is 1.19 bits per heavy atom. The number of aryl methyl sites for hydroxylation is 1. The molecule has 0 saturated carbocycles. The summed E-state index contributed by atoms with van der Waals surface area (Å²) in [5.41, 5.74) is 4.51. The molecule has 1 aliphatic rings. The van der Waals surface area contributed by atoms with Crippen LogP contribution in [0.1, 0.15) is 29.3 Å². The van der Waals surface area contributed by atoms with Gasteiger partial charge in [-0.3, -0.25) is 4.90 Å². The minimum atomic E-state index is -3.13. The predicted molar refractivity (Wildman–Crippen MR) is 103 cm³/mol. The first-order valence-electron chi connectivity index (χ1n) is 8.86. The molecule has 0 bridgehead atoms. The molecule has 1 N–H and O–H groups in total. The number of fused-ring (bicyclic) bond motifs is 1. The molecule has 1 unspecified atom stereocenters. The fourth-order valence-corrected chi connectivity index (χ4v) is 4.27. The summed E-state index contributed by atoms with van der Waals surface area (Å²) in [5.74, 6) is 1.48. The van der Waals surface area contributed by atoms with Gasteiger partial charge in [-0.05, 0) is 55.3 Å². The van der Waals surface area contributed by atoms with Crippen molar-refractivity contribution in [1.82, 2.24) is 14.9 Å². The molecule has 0 spiro atoms. The predicted octanol–water partition coefficient (Wildman–Crippen LogP) is 3.26. The quantitative estimate of drug-likeness (QED) is 0.766. The van der Waals surface area contributed by atoms with Crippen molar-refractivity contribution in [2.75, 3.05) is 19.3 Å². The minimum absolute atomic E-state index is 0.373. The van der Waals surface area contributed by atoms with Gasteiger partial charge < -0.3 is 4.98 Å². The molecule has 1 fully saturated rings. The molecule has 2 heterocycles. The number of rotatable bonds is 4. The number of likely N-dealkylation sites (tertiary alicyclic amines) is 1. The van der Waals surface area contributed by atoms with Crippen molar-refractivity contribution in [3.05, 3.63) is 59.4 Å². The van der Waals surface area contributed by atoms with E-state index in [1.807, 2.05) is 12.1 Å². The molecular formula is C20H23N3O2S. The van der Waals surface area contributed by atoms with E-state index in [9.17, 15) is 8.42 Å². The molecule has 1 atom stereocenters. The van der Waals surface area contributed by atoms with Crippen molar-refractivity contribution < 1.29 is 8.42 Å². The molecule has 1 aromatic heterocycles. The van der Waals surface area contributed by atoms with E-state index in [0.717, 1.165) is 48.5 Å². The Hall–Kier alpha value is -2.18. The SMILES string of the molecule is Cc1ccc2nc(C3CCN(Cc4ccc(S(C)(=O)=O)cc4)C3)[nH]c2c1. The number of benzene rings is 2. The zero-order chi connectivity index (χ0) is 18.3. The average Bonchev–Trinajstić information content (AvgIpc) is 3.20. The summed E-state index contributed by atoms with van der Waals surface area (Å²) in [6.45, 7) is 4.91. The van der Waals surface area contributed by atoms with E-state index in [-0.39, 0.29) is 0 Å². The monoisotopic (exact) mass is 369 g/mol. The van der Waals surface area contributed by atoms with E-state index in [2.05, 4.69) is 35.0 Å². The number of hydrogen-bond donors (Lipinski definition) is 1. The van der Waals surface area contributed by atoms with Gasteiger partial charge in [0.05, 0.1) is 15.9 Å². The Balaban J connectivity index is 1.44. The fraction of sp³-hybridized carbons (Fsp3) is 0.350. The maximum absolute atomic E-state index is 11.6. The number of aromatic nitrogens is 2. The van der Waals surface area contributed by atoms with Crippen LogP contribution < -0.4 is 0 Å². The number of aromatic amines is 1. The van der Waals surface area contributed by atoms with E-state index in [1.165, 1.54) is 11.8 Å². The normalized spacial score (nSPS) is 18.6. The lowest BCUT2D eigenvalue weighted by Crippen LogP contribution is -2.20. The van der Waals surface area contributed by atoms with E-state index in [4.69, 9.17) is 4.98 Å². The minimum Gasteiger partial charge on any atom is -0.342 e. The first-order chi connectivity index (χ1) is 12.4. The first kappa shape index (κ1) is 17.2. The number of nitrogens with one attached hydrogen (secondary N) is 1. The highest BCUT2D eigenvalue weighted by atomic mass is 32.2. The van der Waals surface area contributed by atoms with Gasteiger partial charge in [0, 0.05) is 25.3 Å². The largest absolute Gasteiger partial charge is 0.342 e. The summed E-state index contributed by atoms with van der Waals surface area (Å²) < 4.78 is 23.1. The molecule has 26 heavy (non-hydrogen) atoms. The van der Waals surface area contributed by atoms with Crippen molar-refractivity contribution in [3.63, 3.8) is 0 Å². The number of hydrogen-bond acceptors (Lipinski definition) is 4. The van der Waals surface area contributed by atoms with Crippen LogP contribution in [0.5, 0.6) is 0 Å². The van der Waals surface area contributed by atoms with Crippen LogP contribution in [-0.2, 0) is 16.4 Å². The molecule has 6 heteroatoms. The molecule has 1 aliphatic heterocycles. The average molecular weight is 369 g/mol. The fourth-order valence-electron chi connectivity index (χ4n) is 3.64. The molecule has 5 nitrogen and oxygen atoms in total. The Kier molecular flexibility index (Phi) is 4.32. The number of nitrogens with zero attached hydrogens (tertiary/aromatic N) is 2. The lowest BCUT2D eigenvalue weighted by molar-refractivity contribution is 0.326. The van der Waals surface area contributed by atoms with Gasteiger partial charge in [0.1, 0.15) is 5.82 Å². The maximum Gasteiger partial charge on any atom is 0.175 e. The molecule has 0 amide bonds. The summed E-state index contributed by atoms with van der Waals surface area (Å²) in [7, 11) is -3.13. The van der Waals surface area contributed by atoms with Gasteiger partial charge in [0.15, 0.2) is 9.84 Å².